The molecule has 0 aromatic heterocycles. The average molecular weight is 305 g/mol. The van der Waals surface area contributed by atoms with Crippen LogP contribution in [0.25, 0.3) is 0 Å². The molecule has 0 atom stereocenters. The van der Waals surface area contributed by atoms with Gasteiger partial charge in [-0.1, -0.05) is 60.1 Å². The maximum absolute atomic E-state index is 6.08. The van der Waals surface area contributed by atoms with Crippen molar-refractivity contribution in [3.05, 3.63) is 27.7 Å². The van der Waals surface area contributed by atoms with Crippen LogP contribution in [0.1, 0.15) is 39.0 Å². The van der Waals surface area contributed by atoms with E-state index in [4.69, 9.17) is 11.6 Å². The first-order valence-corrected chi connectivity index (χ1v) is 7.10. The van der Waals surface area contributed by atoms with Crippen molar-refractivity contribution in [1.29, 1.82) is 0 Å². The van der Waals surface area contributed by atoms with Gasteiger partial charge in [0.1, 0.15) is 0 Å². The van der Waals surface area contributed by atoms with E-state index < -0.39 is 0 Å². The number of hydrogen-bond donors (Lipinski definition) is 1. The van der Waals surface area contributed by atoms with E-state index in [-0.39, 0.29) is 0 Å². The second-order valence-electron chi connectivity index (χ2n) is 3.97. The number of halogens is 2. The zero-order valence-electron chi connectivity index (χ0n) is 9.73. The number of anilines is 1. The smallest absolute Gasteiger partial charge is 0.0638 e. The lowest BCUT2D eigenvalue weighted by atomic mass is 10.1. The van der Waals surface area contributed by atoms with Crippen LogP contribution in [0.5, 0.6) is 0 Å². The summed E-state index contributed by atoms with van der Waals surface area (Å²) in [6.07, 6.45) is 6.49. The van der Waals surface area contributed by atoms with E-state index in [1.165, 1.54) is 32.1 Å². The maximum atomic E-state index is 6.08. The van der Waals surface area contributed by atoms with Crippen LogP contribution in [-0.2, 0) is 0 Å². The number of benzene rings is 1. The van der Waals surface area contributed by atoms with Gasteiger partial charge in [0.25, 0.3) is 0 Å². The third-order valence-corrected chi connectivity index (χ3v) is 3.35. The summed E-state index contributed by atoms with van der Waals surface area (Å²) in [6, 6.07) is 5.88. The largest absolute Gasteiger partial charge is 0.384 e. The standard InChI is InChI=1S/C13H19BrClN/c1-2-3-4-5-6-9-16-13-10-11(14)7-8-12(13)15/h7-8,10,16H,2-6,9H2,1H3. The van der Waals surface area contributed by atoms with Gasteiger partial charge in [-0.25, -0.2) is 0 Å². The van der Waals surface area contributed by atoms with Crippen molar-refractivity contribution < 1.29 is 0 Å². The Labute approximate surface area is 112 Å². The Hall–Kier alpha value is -0.210. The van der Waals surface area contributed by atoms with Crippen molar-refractivity contribution in [2.75, 3.05) is 11.9 Å². The Bertz CT molecular complexity index is 315. The van der Waals surface area contributed by atoms with Gasteiger partial charge in [0.15, 0.2) is 0 Å². The summed E-state index contributed by atoms with van der Waals surface area (Å²) in [5, 5.41) is 4.16. The minimum absolute atomic E-state index is 0.789. The van der Waals surface area contributed by atoms with Gasteiger partial charge in [0.2, 0.25) is 0 Å². The van der Waals surface area contributed by atoms with Crippen molar-refractivity contribution in [3.8, 4) is 0 Å². The lowest BCUT2D eigenvalue weighted by Gasteiger charge is -2.08. The molecule has 0 bridgehead atoms. The summed E-state index contributed by atoms with van der Waals surface area (Å²) >= 11 is 9.52. The zero-order chi connectivity index (χ0) is 11.8. The van der Waals surface area contributed by atoms with Crippen molar-refractivity contribution in [3.63, 3.8) is 0 Å². The van der Waals surface area contributed by atoms with Gasteiger partial charge in [0, 0.05) is 11.0 Å². The van der Waals surface area contributed by atoms with E-state index in [2.05, 4.69) is 28.2 Å². The molecule has 0 radical (unpaired) electrons. The number of nitrogens with one attached hydrogen (secondary N) is 1. The van der Waals surface area contributed by atoms with Crippen molar-refractivity contribution in [1.82, 2.24) is 0 Å². The molecule has 90 valence electrons. The van der Waals surface area contributed by atoms with E-state index in [1.54, 1.807) is 0 Å². The molecule has 1 aromatic rings. The van der Waals surface area contributed by atoms with Crippen LogP contribution in [0.2, 0.25) is 5.02 Å². The average Bonchev–Trinajstić information content (AvgIpc) is 2.28. The molecular formula is C13H19BrClN. The molecule has 1 rings (SSSR count). The highest BCUT2D eigenvalue weighted by Gasteiger charge is 1.99. The Morgan fingerprint density at radius 3 is 2.69 bits per heavy atom. The highest BCUT2D eigenvalue weighted by atomic mass is 79.9. The molecule has 1 aromatic carbocycles. The van der Waals surface area contributed by atoms with Crippen molar-refractivity contribution in [2.24, 2.45) is 0 Å². The molecule has 3 heteroatoms. The molecule has 0 aliphatic rings. The van der Waals surface area contributed by atoms with Crippen LogP contribution in [0.3, 0.4) is 0 Å². The Balaban J connectivity index is 2.23. The lowest BCUT2D eigenvalue weighted by Crippen LogP contribution is -2.01. The summed E-state index contributed by atoms with van der Waals surface area (Å²) < 4.78 is 1.06. The quantitative estimate of drug-likeness (QED) is 0.657. The van der Waals surface area contributed by atoms with Crippen LogP contribution in [0.15, 0.2) is 22.7 Å². The van der Waals surface area contributed by atoms with Gasteiger partial charge in [-0.3, -0.25) is 0 Å². The first-order chi connectivity index (χ1) is 7.74. The zero-order valence-corrected chi connectivity index (χ0v) is 12.1. The summed E-state index contributed by atoms with van der Waals surface area (Å²) in [6.45, 7) is 3.24. The fraction of sp³-hybridized carbons (Fsp3) is 0.538. The van der Waals surface area contributed by atoms with Gasteiger partial charge in [-0.2, -0.15) is 0 Å². The fourth-order valence-corrected chi connectivity index (χ4v) is 2.13. The highest BCUT2D eigenvalue weighted by Crippen LogP contribution is 2.25. The van der Waals surface area contributed by atoms with E-state index in [0.29, 0.717) is 0 Å². The Morgan fingerprint density at radius 2 is 1.94 bits per heavy atom. The number of unbranched alkanes of at least 4 members (excludes halogenated alkanes) is 4. The van der Waals surface area contributed by atoms with Gasteiger partial charge in [-0.05, 0) is 24.6 Å². The van der Waals surface area contributed by atoms with E-state index in [0.717, 1.165) is 21.7 Å². The molecule has 0 unspecified atom stereocenters. The summed E-state index contributed by atoms with van der Waals surface area (Å²) in [5.74, 6) is 0. The van der Waals surface area contributed by atoms with Gasteiger partial charge in [-0.15, -0.1) is 0 Å². The summed E-state index contributed by atoms with van der Waals surface area (Å²) in [5.41, 5.74) is 1.02. The molecule has 0 fully saturated rings. The Morgan fingerprint density at radius 1 is 1.19 bits per heavy atom. The minimum atomic E-state index is 0.789. The molecule has 0 spiro atoms. The van der Waals surface area contributed by atoms with Crippen molar-refractivity contribution >= 4 is 33.2 Å². The van der Waals surface area contributed by atoms with E-state index in [9.17, 15) is 0 Å². The van der Waals surface area contributed by atoms with Crippen LogP contribution in [0.4, 0.5) is 5.69 Å². The molecule has 0 aliphatic carbocycles. The first kappa shape index (κ1) is 13.9. The Kier molecular flexibility index (Phi) is 6.90. The van der Waals surface area contributed by atoms with E-state index in [1.807, 2.05) is 18.2 Å². The second kappa shape index (κ2) is 7.97. The maximum Gasteiger partial charge on any atom is 0.0638 e. The second-order valence-corrected chi connectivity index (χ2v) is 5.29. The number of rotatable bonds is 7. The predicted octanol–water partition coefficient (Wildman–Crippen LogP) is 5.48. The molecule has 0 saturated heterocycles. The fourth-order valence-electron chi connectivity index (χ4n) is 1.58. The van der Waals surface area contributed by atoms with Gasteiger partial charge < -0.3 is 5.32 Å². The topological polar surface area (TPSA) is 12.0 Å². The summed E-state index contributed by atoms with van der Waals surface area (Å²) in [7, 11) is 0. The van der Waals surface area contributed by atoms with Crippen molar-refractivity contribution in [2.45, 2.75) is 39.0 Å². The molecule has 1 N–H and O–H groups in total. The molecule has 0 amide bonds. The van der Waals surface area contributed by atoms with E-state index >= 15 is 0 Å². The molecule has 0 heterocycles. The van der Waals surface area contributed by atoms with Crippen LogP contribution >= 0.6 is 27.5 Å². The predicted molar refractivity (Wildman–Crippen MR) is 76.4 cm³/mol. The molecular weight excluding hydrogens is 286 g/mol. The lowest BCUT2D eigenvalue weighted by molar-refractivity contribution is 0.645. The highest BCUT2D eigenvalue weighted by molar-refractivity contribution is 9.10. The van der Waals surface area contributed by atoms with Gasteiger partial charge in [0.05, 0.1) is 10.7 Å². The SMILES string of the molecule is CCCCCCCNc1cc(Br)ccc1Cl. The third kappa shape index (κ3) is 5.22. The monoisotopic (exact) mass is 303 g/mol. The molecule has 0 aliphatic heterocycles. The summed E-state index contributed by atoms with van der Waals surface area (Å²) in [4.78, 5) is 0. The molecule has 1 nitrogen and oxygen atoms in total. The first-order valence-electron chi connectivity index (χ1n) is 5.93. The normalized spacial score (nSPS) is 10.4. The van der Waals surface area contributed by atoms with Crippen LogP contribution in [0, 0.1) is 0 Å². The van der Waals surface area contributed by atoms with Crippen LogP contribution in [-0.4, -0.2) is 6.54 Å². The van der Waals surface area contributed by atoms with Crippen LogP contribution < -0.4 is 5.32 Å². The third-order valence-electron chi connectivity index (χ3n) is 2.52. The van der Waals surface area contributed by atoms with Gasteiger partial charge >= 0.3 is 0 Å². The molecule has 16 heavy (non-hydrogen) atoms. The molecule has 0 saturated carbocycles. The minimum Gasteiger partial charge on any atom is -0.384 e. The number of hydrogen-bond acceptors (Lipinski definition) is 1.